The van der Waals surface area contributed by atoms with E-state index >= 15 is 0 Å². The third kappa shape index (κ3) is 2.21. The van der Waals surface area contributed by atoms with Crippen molar-refractivity contribution in [2.45, 2.75) is 13.8 Å². The fourth-order valence-corrected chi connectivity index (χ4v) is 1.28. The van der Waals surface area contributed by atoms with Crippen LogP contribution in [-0.4, -0.2) is 52.3 Å². The van der Waals surface area contributed by atoms with Gasteiger partial charge in [0.05, 0.1) is 25.5 Å². The zero-order valence-electron chi connectivity index (χ0n) is 8.23. The normalized spacial score (nSPS) is 16.9. The molecule has 2 amide bonds. The van der Waals surface area contributed by atoms with Crippen LogP contribution in [0.15, 0.2) is 5.16 Å². The van der Waals surface area contributed by atoms with Gasteiger partial charge in [-0.05, 0) is 0 Å². The number of rotatable bonds is 0. The van der Waals surface area contributed by atoms with Crippen molar-refractivity contribution in [3.8, 4) is 0 Å². The first-order valence-corrected chi connectivity index (χ1v) is 4.25. The quantitative estimate of drug-likeness (QED) is 0.421. The first kappa shape index (κ1) is 10.5. The van der Waals surface area contributed by atoms with Crippen LogP contribution in [0.2, 0.25) is 0 Å². The van der Waals surface area contributed by atoms with Crippen LogP contribution in [0, 0.1) is 0 Å². The zero-order valence-corrected chi connectivity index (χ0v) is 8.23. The van der Waals surface area contributed by atoms with Crippen LogP contribution in [-0.2, 0) is 9.59 Å². The molecule has 0 aromatic heterocycles. The van der Waals surface area contributed by atoms with Gasteiger partial charge in [0.1, 0.15) is 0 Å². The lowest BCUT2D eigenvalue weighted by Crippen LogP contribution is -2.53. The molecule has 1 saturated heterocycles. The van der Waals surface area contributed by atoms with Crippen LogP contribution in [0.25, 0.3) is 0 Å². The van der Waals surface area contributed by atoms with Gasteiger partial charge < -0.3 is 15.0 Å². The fraction of sp³-hybridized carbons (Fsp3) is 0.625. The summed E-state index contributed by atoms with van der Waals surface area (Å²) >= 11 is 0. The molecule has 6 heteroatoms. The van der Waals surface area contributed by atoms with Crippen LogP contribution in [0.1, 0.15) is 13.8 Å². The molecule has 1 fully saturated rings. The third-order valence-corrected chi connectivity index (χ3v) is 2.12. The Morgan fingerprint density at radius 3 is 1.93 bits per heavy atom. The Labute approximate surface area is 81.8 Å². The number of hydrogen-bond donors (Lipinski definition) is 1. The van der Waals surface area contributed by atoms with E-state index in [2.05, 4.69) is 5.16 Å². The SMILES string of the molecule is CC(=O)N1CC(=NO)CN(C(C)=O)C1. The monoisotopic (exact) mass is 199 g/mol. The highest BCUT2D eigenvalue weighted by Crippen LogP contribution is 2.04. The predicted molar refractivity (Wildman–Crippen MR) is 48.9 cm³/mol. The van der Waals surface area contributed by atoms with Crippen molar-refractivity contribution in [1.29, 1.82) is 0 Å². The van der Waals surface area contributed by atoms with E-state index < -0.39 is 0 Å². The van der Waals surface area contributed by atoms with Crippen molar-refractivity contribution in [1.82, 2.24) is 9.80 Å². The highest BCUT2D eigenvalue weighted by Gasteiger charge is 2.25. The molecule has 1 heterocycles. The molecule has 0 atom stereocenters. The zero-order chi connectivity index (χ0) is 10.7. The van der Waals surface area contributed by atoms with Gasteiger partial charge in [-0.1, -0.05) is 5.16 Å². The lowest BCUT2D eigenvalue weighted by Gasteiger charge is -2.34. The average molecular weight is 199 g/mol. The summed E-state index contributed by atoms with van der Waals surface area (Å²) in [6.07, 6.45) is 0. The maximum absolute atomic E-state index is 11.1. The van der Waals surface area contributed by atoms with Crippen LogP contribution >= 0.6 is 0 Å². The largest absolute Gasteiger partial charge is 0.411 e. The predicted octanol–water partition coefficient (Wildman–Crippen LogP) is -0.515. The summed E-state index contributed by atoms with van der Waals surface area (Å²) in [5.41, 5.74) is 0.418. The number of carbonyl (C=O) groups is 2. The topological polar surface area (TPSA) is 73.2 Å². The van der Waals surface area contributed by atoms with Crippen LogP contribution in [0.4, 0.5) is 0 Å². The Balaban J connectivity index is 2.76. The van der Waals surface area contributed by atoms with Crippen LogP contribution in [0.5, 0.6) is 0 Å². The maximum atomic E-state index is 11.1. The van der Waals surface area contributed by atoms with Gasteiger partial charge in [-0.15, -0.1) is 0 Å². The van der Waals surface area contributed by atoms with Gasteiger partial charge in [0.15, 0.2) is 0 Å². The molecule has 14 heavy (non-hydrogen) atoms. The lowest BCUT2D eigenvalue weighted by molar-refractivity contribution is -0.137. The summed E-state index contributed by atoms with van der Waals surface area (Å²) in [5, 5.41) is 11.6. The van der Waals surface area contributed by atoms with Crippen LogP contribution in [0.3, 0.4) is 0 Å². The molecule has 0 aromatic rings. The molecular formula is C8H13N3O3. The Morgan fingerprint density at radius 2 is 1.64 bits per heavy atom. The van der Waals surface area contributed by atoms with Gasteiger partial charge in [-0.2, -0.15) is 0 Å². The van der Waals surface area contributed by atoms with Gasteiger partial charge >= 0.3 is 0 Å². The summed E-state index contributed by atoms with van der Waals surface area (Å²) in [4.78, 5) is 25.0. The van der Waals surface area contributed by atoms with E-state index in [4.69, 9.17) is 5.21 Å². The van der Waals surface area contributed by atoms with Crippen molar-refractivity contribution in [3.63, 3.8) is 0 Å². The van der Waals surface area contributed by atoms with E-state index in [0.717, 1.165) is 0 Å². The molecule has 0 unspecified atom stereocenters. The van der Waals surface area contributed by atoms with E-state index in [-0.39, 0.29) is 31.6 Å². The molecule has 0 aromatic carbocycles. The summed E-state index contributed by atoms with van der Waals surface area (Å²) in [6, 6.07) is 0. The number of amides is 2. The van der Waals surface area contributed by atoms with Crippen molar-refractivity contribution < 1.29 is 14.8 Å². The van der Waals surface area contributed by atoms with Crippen molar-refractivity contribution in [3.05, 3.63) is 0 Å². The molecular weight excluding hydrogens is 186 g/mol. The second-order valence-electron chi connectivity index (χ2n) is 3.24. The fourth-order valence-electron chi connectivity index (χ4n) is 1.28. The molecule has 1 aliphatic rings. The van der Waals surface area contributed by atoms with E-state index in [1.54, 1.807) is 0 Å². The van der Waals surface area contributed by atoms with Crippen molar-refractivity contribution in [2.75, 3.05) is 19.8 Å². The highest BCUT2D eigenvalue weighted by molar-refractivity contribution is 5.94. The molecule has 1 aliphatic heterocycles. The Hall–Kier alpha value is -1.59. The standard InChI is InChI=1S/C8H13N3O3/c1-6(12)10-3-8(9-14)4-11(5-10)7(2)13/h14H,3-5H2,1-2H3. The molecule has 0 radical (unpaired) electrons. The Bertz CT molecular complexity index is 264. The number of carbonyl (C=O) groups excluding carboxylic acids is 2. The van der Waals surface area contributed by atoms with Crippen molar-refractivity contribution in [2.24, 2.45) is 5.16 Å². The average Bonchev–Trinajstić information content (AvgIpc) is 2.16. The van der Waals surface area contributed by atoms with E-state index in [1.165, 1.54) is 23.6 Å². The lowest BCUT2D eigenvalue weighted by atomic mass is 10.2. The minimum Gasteiger partial charge on any atom is -0.411 e. The van der Waals surface area contributed by atoms with Gasteiger partial charge in [-0.3, -0.25) is 9.59 Å². The van der Waals surface area contributed by atoms with Gasteiger partial charge in [0.2, 0.25) is 11.8 Å². The number of hydrogen-bond acceptors (Lipinski definition) is 4. The van der Waals surface area contributed by atoms with Gasteiger partial charge in [0.25, 0.3) is 0 Å². The molecule has 1 rings (SSSR count). The third-order valence-electron chi connectivity index (χ3n) is 2.12. The maximum Gasteiger partial charge on any atom is 0.221 e. The summed E-state index contributed by atoms with van der Waals surface area (Å²) in [6.45, 7) is 3.67. The minimum absolute atomic E-state index is 0.142. The van der Waals surface area contributed by atoms with Gasteiger partial charge in [0, 0.05) is 13.8 Å². The minimum atomic E-state index is -0.142. The molecule has 6 nitrogen and oxygen atoms in total. The molecule has 1 N–H and O–H groups in total. The second-order valence-corrected chi connectivity index (χ2v) is 3.24. The summed E-state index contributed by atoms with van der Waals surface area (Å²) in [7, 11) is 0. The molecule has 0 bridgehead atoms. The second kappa shape index (κ2) is 4.08. The Morgan fingerprint density at radius 1 is 1.21 bits per heavy atom. The Kier molecular flexibility index (Phi) is 3.06. The van der Waals surface area contributed by atoms with Crippen LogP contribution < -0.4 is 0 Å². The number of nitrogens with zero attached hydrogens (tertiary/aromatic N) is 3. The smallest absolute Gasteiger partial charge is 0.221 e. The number of oxime groups is 1. The molecule has 0 saturated carbocycles. The van der Waals surface area contributed by atoms with Crippen molar-refractivity contribution >= 4 is 17.5 Å². The molecule has 0 spiro atoms. The van der Waals surface area contributed by atoms with E-state index in [0.29, 0.717) is 5.71 Å². The molecule has 0 aliphatic carbocycles. The highest BCUT2D eigenvalue weighted by atomic mass is 16.4. The summed E-state index contributed by atoms with van der Waals surface area (Å²) < 4.78 is 0. The summed E-state index contributed by atoms with van der Waals surface area (Å²) in [5.74, 6) is -0.283. The molecule has 78 valence electrons. The van der Waals surface area contributed by atoms with E-state index in [1.807, 2.05) is 0 Å². The van der Waals surface area contributed by atoms with E-state index in [9.17, 15) is 9.59 Å². The first-order chi connectivity index (χ1) is 6.54. The van der Waals surface area contributed by atoms with Gasteiger partial charge in [-0.25, -0.2) is 0 Å². The first-order valence-electron chi connectivity index (χ1n) is 4.25.